The van der Waals surface area contributed by atoms with E-state index in [9.17, 15) is 0 Å². The van der Waals surface area contributed by atoms with E-state index in [1.165, 1.54) is 4.90 Å². The maximum Gasteiger partial charge on any atom is 0.192 e. The molecule has 0 saturated carbocycles. The van der Waals surface area contributed by atoms with E-state index in [-0.39, 0.29) is 24.0 Å². The second kappa shape index (κ2) is 12.2. The van der Waals surface area contributed by atoms with Gasteiger partial charge in [-0.25, -0.2) is 0 Å². The first-order chi connectivity index (χ1) is 8.86. The highest BCUT2D eigenvalue weighted by Gasteiger charge is 1.95. The summed E-state index contributed by atoms with van der Waals surface area (Å²) in [6, 6.07) is 10.3. The number of aliphatic imine (C=N–C) groups is 1. The zero-order valence-electron chi connectivity index (χ0n) is 11.1. The van der Waals surface area contributed by atoms with Crippen molar-refractivity contribution in [3.05, 3.63) is 30.3 Å². The molecular weight excluding hydrogens is 369 g/mol. The van der Waals surface area contributed by atoms with Crippen molar-refractivity contribution in [3.8, 4) is 12.3 Å². The van der Waals surface area contributed by atoms with Crippen LogP contribution in [0.4, 0.5) is 0 Å². The summed E-state index contributed by atoms with van der Waals surface area (Å²) in [6.45, 7) is 4.13. The Morgan fingerprint density at radius 2 is 2.05 bits per heavy atom. The van der Waals surface area contributed by atoms with E-state index in [4.69, 9.17) is 6.42 Å². The highest BCUT2D eigenvalue weighted by atomic mass is 127. The summed E-state index contributed by atoms with van der Waals surface area (Å²) >= 11 is 1.80. The molecule has 0 aliphatic heterocycles. The summed E-state index contributed by atoms with van der Waals surface area (Å²) in [5, 5.41) is 6.21. The molecule has 0 radical (unpaired) electrons. The number of rotatable bonds is 6. The van der Waals surface area contributed by atoms with Crippen LogP contribution in [0.1, 0.15) is 6.92 Å². The molecule has 0 amide bonds. The lowest BCUT2D eigenvalue weighted by atomic mass is 10.4. The van der Waals surface area contributed by atoms with E-state index in [0.717, 1.165) is 24.8 Å². The van der Waals surface area contributed by atoms with Gasteiger partial charge in [0, 0.05) is 17.2 Å². The average molecular weight is 389 g/mol. The Bertz CT molecular complexity index is 401. The Balaban J connectivity index is 0.00000324. The third-order valence-electron chi connectivity index (χ3n) is 2.08. The van der Waals surface area contributed by atoms with Crippen molar-refractivity contribution >= 4 is 41.7 Å². The molecule has 0 atom stereocenters. The first kappa shape index (κ1) is 18.1. The molecule has 0 saturated heterocycles. The Kier molecular flexibility index (Phi) is 11.6. The van der Waals surface area contributed by atoms with E-state index >= 15 is 0 Å². The van der Waals surface area contributed by atoms with Gasteiger partial charge in [0.05, 0.1) is 13.1 Å². The summed E-state index contributed by atoms with van der Waals surface area (Å²) in [5.41, 5.74) is 0. The van der Waals surface area contributed by atoms with Gasteiger partial charge in [0.25, 0.3) is 0 Å². The fraction of sp³-hybridized carbons (Fsp3) is 0.357. The van der Waals surface area contributed by atoms with E-state index in [0.29, 0.717) is 6.54 Å². The van der Waals surface area contributed by atoms with Crippen LogP contribution in [0, 0.1) is 12.3 Å². The number of hydrogen-bond donors (Lipinski definition) is 2. The topological polar surface area (TPSA) is 36.4 Å². The van der Waals surface area contributed by atoms with E-state index in [2.05, 4.69) is 33.7 Å². The van der Waals surface area contributed by atoms with Crippen molar-refractivity contribution in [2.24, 2.45) is 4.99 Å². The van der Waals surface area contributed by atoms with Gasteiger partial charge < -0.3 is 10.6 Å². The molecule has 1 aromatic rings. The van der Waals surface area contributed by atoms with Crippen molar-refractivity contribution in [2.75, 3.05) is 25.4 Å². The fourth-order valence-electron chi connectivity index (χ4n) is 1.31. The van der Waals surface area contributed by atoms with Gasteiger partial charge in [0.2, 0.25) is 0 Å². The highest BCUT2D eigenvalue weighted by molar-refractivity contribution is 14.0. The average Bonchev–Trinajstić information content (AvgIpc) is 2.42. The summed E-state index contributed by atoms with van der Waals surface area (Å²) in [7, 11) is 0. The zero-order chi connectivity index (χ0) is 13.1. The molecule has 5 heteroatoms. The van der Waals surface area contributed by atoms with Gasteiger partial charge in [-0.1, -0.05) is 24.1 Å². The summed E-state index contributed by atoms with van der Waals surface area (Å²) in [5.74, 6) is 4.27. The van der Waals surface area contributed by atoms with Gasteiger partial charge in [-0.3, -0.25) is 4.99 Å². The summed E-state index contributed by atoms with van der Waals surface area (Å²) < 4.78 is 0. The normalized spacial score (nSPS) is 10.2. The SMILES string of the molecule is C#CCNC(=NCCSc1ccccc1)NCC.I. The highest BCUT2D eigenvalue weighted by Crippen LogP contribution is 2.16. The van der Waals surface area contributed by atoms with E-state index < -0.39 is 0 Å². The lowest BCUT2D eigenvalue weighted by Gasteiger charge is -2.08. The molecule has 0 heterocycles. The largest absolute Gasteiger partial charge is 0.357 e. The number of hydrogen-bond acceptors (Lipinski definition) is 2. The minimum atomic E-state index is 0. The van der Waals surface area contributed by atoms with Crippen molar-refractivity contribution in [2.45, 2.75) is 11.8 Å². The summed E-state index contributed by atoms with van der Waals surface area (Å²) in [6.07, 6.45) is 5.20. The van der Waals surface area contributed by atoms with Crippen LogP contribution in [0.25, 0.3) is 0 Å². The molecule has 0 aromatic heterocycles. The van der Waals surface area contributed by atoms with Crippen LogP contribution < -0.4 is 10.6 Å². The van der Waals surface area contributed by atoms with E-state index in [1.54, 1.807) is 11.8 Å². The molecule has 3 nitrogen and oxygen atoms in total. The molecule has 0 spiro atoms. The minimum absolute atomic E-state index is 0. The number of thioether (sulfide) groups is 1. The smallest absolute Gasteiger partial charge is 0.192 e. The summed E-state index contributed by atoms with van der Waals surface area (Å²) in [4.78, 5) is 5.72. The van der Waals surface area contributed by atoms with Gasteiger partial charge in [0.1, 0.15) is 0 Å². The number of guanidine groups is 1. The lowest BCUT2D eigenvalue weighted by molar-refractivity contribution is 0.874. The maximum atomic E-state index is 5.20. The fourth-order valence-corrected chi connectivity index (χ4v) is 2.08. The number of halogens is 1. The maximum absolute atomic E-state index is 5.20. The van der Waals surface area contributed by atoms with Crippen LogP contribution in [-0.2, 0) is 0 Å². The predicted molar refractivity (Wildman–Crippen MR) is 95.4 cm³/mol. The molecule has 2 N–H and O–H groups in total. The minimum Gasteiger partial charge on any atom is -0.357 e. The Labute approximate surface area is 137 Å². The van der Waals surface area contributed by atoms with E-state index in [1.807, 2.05) is 25.1 Å². The quantitative estimate of drug-likeness (QED) is 0.196. The van der Waals surface area contributed by atoms with Crippen LogP contribution in [0.2, 0.25) is 0 Å². The number of terminal acetylenes is 1. The van der Waals surface area contributed by atoms with Crippen LogP contribution in [0.15, 0.2) is 40.2 Å². The third kappa shape index (κ3) is 8.78. The van der Waals surface area contributed by atoms with Crippen LogP contribution >= 0.6 is 35.7 Å². The second-order valence-corrected chi connectivity index (χ2v) is 4.65. The number of benzene rings is 1. The van der Waals surface area contributed by atoms with Gasteiger partial charge in [0.15, 0.2) is 5.96 Å². The molecule has 19 heavy (non-hydrogen) atoms. The van der Waals surface area contributed by atoms with Crippen LogP contribution in [0.3, 0.4) is 0 Å². The predicted octanol–water partition coefficient (Wildman–Crippen LogP) is 2.59. The van der Waals surface area contributed by atoms with Crippen LogP contribution in [0.5, 0.6) is 0 Å². The van der Waals surface area contributed by atoms with Gasteiger partial charge >= 0.3 is 0 Å². The van der Waals surface area contributed by atoms with Crippen LogP contribution in [-0.4, -0.2) is 31.3 Å². The third-order valence-corrected chi connectivity index (χ3v) is 3.07. The number of nitrogens with one attached hydrogen (secondary N) is 2. The monoisotopic (exact) mass is 389 g/mol. The molecule has 0 aliphatic rings. The molecule has 0 aliphatic carbocycles. The molecule has 0 unspecified atom stereocenters. The second-order valence-electron chi connectivity index (χ2n) is 3.48. The molecule has 0 bridgehead atoms. The molecule has 0 fully saturated rings. The standard InChI is InChI=1S/C14H19N3S.HI/c1-3-10-16-14(15-4-2)17-11-12-18-13-8-6-5-7-9-13;/h1,5-9H,4,10-12H2,2H3,(H2,15,16,17);1H. The van der Waals surface area contributed by atoms with Crippen molar-refractivity contribution in [1.82, 2.24) is 10.6 Å². The molecule has 1 rings (SSSR count). The van der Waals surface area contributed by atoms with Gasteiger partial charge in [-0.05, 0) is 19.1 Å². The van der Waals surface area contributed by atoms with Crippen molar-refractivity contribution in [3.63, 3.8) is 0 Å². The molecule has 1 aromatic carbocycles. The Morgan fingerprint density at radius 3 is 2.68 bits per heavy atom. The molecule has 104 valence electrons. The zero-order valence-corrected chi connectivity index (χ0v) is 14.2. The first-order valence-electron chi connectivity index (χ1n) is 6.00. The number of nitrogens with zero attached hydrogens (tertiary/aromatic N) is 1. The van der Waals surface area contributed by atoms with Gasteiger partial charge in [-0.15, -0.1) is 42.2 Å². The first-order valence-corrected chi connectivity index (χ1v) is 6.99. The molecular formula is C14H20IN3S. The Hall–Kier alpha value is -0.870. The van der Waals surface area contributed by atoms with Crippen molar-refractivity contribution < 1.29 is 0 Å². The lowest BCUT2D eigenvalue weighted by Crippen LogP contribution is -2.37. The Morgan fingerprint density at radius 1 is 1.32 bits per heavy atom. The van der Waals surface area contributed by atoms with Gasteiger partial charge in [-0.2, -0.15) is 0 Å². The van der Waals surface area contributed by atoms with Crippen molar-refractivity contribution in [1.29, 1.82) is 0 Å².